The number of carbonyl (C=O) groups is 1. The highest BCUT2D eigenvalue weighted by Gasteiger charge is 2.32. The fraction of sp³-hybridized carbons (Fsp3) is 0.462. The standard InChI is InChI=1S/C13H15ClO3S/c14-13-6-2-1-5-11(13)12(8-15)10-4-3-7-18(16,17)9-10/h1-2,5-6,8,10,12H,3-4,7,9H2. The summed E-state index contributed by atoms with van der Waals surface area (Å²) in [5, 5.41) is 0.526. The number of carbonyl (C=O) groups excluding carboxylic acids is 1. The molecule has 1 aromatic rings. The Morgan fingerprint density at radius 1 is 1.33 bits per heavy atom. The minimum absolute atomic E-state index is 0.0850. The maximum Gasteiger partial charge on any atom is 0.150 e. The molecular weight excluding hydrogens is 272 g/mol. The van der Waals surface area contributed by atoms with Crippen LogP contribution in [0.25, 0.3) is 0 Å². The first-order valence-electron chi connectivity index (χ1n) is 5.93. The number of benzene rings is 1. The van der Waals surface area contributed by atoms with Crippen LogP contribution in [0.3, 0.4) is 0 Å². The summed E-state index contributed by atoms with van der Waals surface area (Å²) >= 11 is 6.08. The van der Waals surface area contributed by atoms with Gasteiger partial charge in [0.05, 0.1) is 11.5 Å². The molecule has 98 valence electrons. The van der Waals surface area contributed by atoms with E-state index in [-0.39, 0.29) is 17.4 Å². The minimum Gasteiger partial charge on any atom is -0.303 e. The summed E-state index contributed by atoms with van der Waals surface area (Å²) in [4.78, 5) is 11.3. The summed E-state index contributed by atoms with van der Waals surface area (Å²) in [5.74, 6) is -0.255. The Labute approximate surface area is 112 Å². The number of hydrogen-bond acceptors (Lipinski definition) is 3. The van der Waals surface area contributed by atoms with Gasteiger partial charge >= 0.3 is 0 Å². The van der Waals surface area contributed by atoms with Gasteiger partial charge in [0.2, 0.25) is 0 Å². The number of hydrogen-bond donors (Lipinski definition) is 0. The summed E-state index contributed by atoms with van der Waals surface area (Å²) in [5.41, 5.74) is 0.733. The molecule has 0 aromatic heterocycles. The highest BCUT2D eigenvalue weighted by atomic mass is 35.5. The van der Waals surface area contributed by atoms with E-state index >= 15 is 0 Å². The van der Waals surface area contributed by atoms with Gasteiger partial charge in [-0.3, -0.25) is 0 Å². The molecule has 0 spiro atoms. The molecule has 1 saturated heterocycles. The van der Waals surface area contributed by atoms with E-state index in [1.165, 1.54) is 0 Å². The van der Waals surface area contributed by atoms with Crippen molar-refractivity contribution in [1.82, 2.24) is 0 Å². The first-order chi connectivity index (χ1) is 8.53. The average Bonchev–Trinajstić information content (AvgIpc) is 2.31. The molecule has 3 nitrogen and oxygen atoms in total. The zero-order chi connectivity index (χ0) is 13.2. The summed E-state index contributed by atoms with van der Waals surface area (Å²) < 4.78 is 23.3. The van der Waals surface area contributed by atoms with Gasteiger partial charge in [-0.05, 0) is 30.4 Å². The molecule has 0 aliphatic carbocycles. The van der Waals surface area contributed by atoms with Crippen molar-refractivity contribution in [3.63, 3.8) is 0 Å². The average molecular weight is 287 g/mol. The minimum atomic E-state index is -3.01. The molecule has 2 atom stereocenters. The normalized spacial score (nSPS) is 24.4. The van der Waals surface area contributed by atoms with Crippen LogP contribution in [0.1, 0.15) is 24.3 Å². The van der Waals surface area contributed by atoms with Crippen LogP contribution in [0.2, 0.25) is 5.02 Å². The van der Waals surface area contributed by atoms with E-state index < -0.39 is 15.8 Å². The molecule has 0 N–H and O–H groups in total. The van der Waals surface area contributed by atoms with Gasteiger partial charge in [0.1, 0.15) is 6.29 Å². The first kappa shape index (κ1) is 13.6. The molecular formula is C13H15ClO3S. The van der Waals surface area contributed by atoms with Crippen LogP contribution in [0.15, 0.2) is 24.3 Å². The predicted molar refractivity (Wildman–Crippen MR) is 71.6 cm³/mol. The summed E-state index contributed by atoms with van der Waals surface area (Å²) in [6, 6.07) is 7.13. The summed E-state index contributed by atoms with van der Waals surface area (Å²) in [6.07, 6.45) is 2.21. The van der Waals surface area contributed by atoms with Crippen LogP contribution in [0.4, 0.5) is 0 Å². The van der Waals surface area contributed by atoms with Crippen LogP contribution in [0, 0.1) is 5.92 Å². The van der Waals surface area contributed by atoms with Gasteiger partial charge in [-0.15, -0.1) is 0 Å². The maximum absolute atomic E-state index is 11.6. The molecule has 18 heavy (non-hydrogen) atoms. The van der Waals surface area contributed by atoms with E-state index in [1.54, 1.807) is 18.2 Å². The second-order valence-electron chi connectivity index (χ2n) is 4.70. The highest BCUT2D eigenvalue weighted by Crippen LogP contribution is 2.34. The van der Waals surface area contributed by atoms with Gasteiger partial charge < -0.3 is 4.79 Å². The van der Waals surface area contributed by atoms with Crippen LogP contribution in [-0.2, 0) is 14.6 Å². The maximum atomic E-state index is 11.6. The van der Waals surface area contributed by atoms with E-state index in [9.17, 15) is 13.2 Å². The van der Waals surface area contributed by atoms with Gasteiger partial charge in [0.25, 0.3) is 0 Å². The summed E-state index contributed by atoms with van der Waals surface area (Å²) in [7, 11) is -3.01. The lowest BCUT2D eigenvalue weighted by molar-refractivity contribution is -0.110. The molecule has 1 fully saturated rings. The second-order valence-corrected chi connectivity index (χ2v) is 7.34. The van der Waals surface area contributed by atoms with Gasteiger partial charge in [-0.2, -0.15) is 0 Å². The Kier molecular flexibility index (Phi) is 4.07. The van der Waals surface area contributed by atoms with Crippen molar-refractivity contribution in [3.8, 4) is 0 Å². The van der Waals surface area contributed by atoms with Crippen LogP contribution in [0.5, 0.6) is 0 Å². The quantitative estimate of drug-likeness (QED) is 0.802. The lowest BCUT2D eigenvalue weighted by atomic mass is 9.85. The van der Waals surface area contributed by atoms with Crippen LogP contribution in [-0.4, -0.2) is 26.2 Å². The van der Waals surface area contributed by atoms with E-state index in [2.05, 4.69) is 0 Å². The fourth-order valence-corrected chi connectivity index (χ4v) is 4.59. The van der Waals surface area contributed by atoms with Crippen molar-refractivity contribution < 1.29 is 13.2 Å². The highest BCUT2D eigenvalue weighted by molar-refractivity contribution is 7.91. The fourth-order valence-electron chi connectivity index (χ4n) is 2.53. The van der Waals surface area contributed by atoms with E-state index in [1.807, 2.05) is 6.07 Å². The number of aldehydes is 1. The van der Waals surface area contributed by atoms with Gasteiger partial charge in [0, 0.05) is 10.9 Å². The van der Waals surface area contributed by atoms with Crippen LogP contribution >= 0.6 is 11.6 Å². The van der Waals surface area contributed by atoms with Gasteiger partial charge in [-0.25, -0.2) is 8.42 Å². The third-order valence-corrected chi connectivity index (χ3v) is 5.61. The van der Waals surface area contributed by atoms with Crippen molar-refractivity contribution in [1.29, 1.82) is 0 Å². The van der Waals surface area contributed by atoms with Crippen molar-refractivity contribution in [3.05, 3.63) is 34.9 Å². The molecule has 0 bridgehead atoms. The van der Waals surface area contributed by atoms with Crippen molar-refractivity contribution in [2.24, 2.45) is 5.92 Å². The third-order valence-electron chi connectivity index (χ3n) is 3.42. The largest absolute Gasteiger partial charge is 0.303 e. The Morgan fingerprint density at radius 2 is 2.06 bits per heavy atom. The Bertz CT molecular complexity index is 539. The number of halogens is 1. The number of rotatable bonds is 3. The summed E-state index contributed by atoms with van der Waals surface area (Å²) in [6.45, 7) is 0. The molecule has 1 heterocycles. The molecule has 1 aliphatic rings. The molecule has 1 aliphatic heterocycles. The van der Waals surface area contributed by atoms with Gasteiger partial charge in [0.15, 0.2) is 9.84 Å². The molecule has 5 heteroatoms. The molecule has 0 radical (unpaired) electrons. The molecule has 0 saturated carbocycles. The third kappa shape index (κ3) is 2.93. The van der Waals surface area contributed by atoms with E-state index in [0.717, 1.165) is 18.3 Å². The monoisotopic (exact) mass is 286 g/mol. The molecule has 0 amide bonds. The van der Waals surface area contributed by atoms with Gasteiger partial charge in [-0.1, -0.05) is 29.8 Å². The zero-order valence-corrected chi connectivity index (χ0v) is 11.5. The van der Waals surface area contributed by atoms with E-state index in [4.69, 9.17) is 11.6 Å². The topological polar surface area (TPSA) is 51.2 Å². The SMILES string of the molecule is O=CC(c1ccccc1Cl)C1CCCS(=O)(=O)C1. The van der Waals surface area contributed by atoms with Crippen molar-refractivity contribution in [2.75, 3.05) is 11.5 Å². The lowest BCUT2D eigenvalue weighted by Crippen LogP contribution is -2.30. The van der Waals surface area contributed by atoms with Crippen LogP contribution < -0.4 is 0 Å². The molecule has 2 unspecified atom stereocenters. The smallest absolute Gasteiger partial charge is 0.150 e. The molecule has 1 aromatic carbocycles. The first-order valence-corrected chi connectivity index (χ1v) is 8.13. The predicted octanol–water partition coefficient (Wildman–Crippen LogP) is 2.45. The number of sulfone groups is 1. The zero-order valence-electron chi connectivity index (χ0n) is 9.88. The molecule has 2 rings (SSSR count). The Balaban J connectivity index is 2.29. The van der Waals surface area contributed by atoms with Crippen molar-refractivity contribution >= 4 is 27.7 Å². The second kappa shape index (κ2) is 5.41. The lowest BCUT2D eigenvalue weighted by Gasteiger charge is -2.27. The van der Waals surface area contributed by atoms with E-state index in [0.29, 0.717) is 11.4 Å². The Hall–Kier alpha value is -0.870. The van der Waals surface area contributed by atoms with Crippen molar-refractivity contribution in [2.45, 2.75) is 18.8 Å². The Morgan fingerprint density at radius 3 is 2.67 bits per heavy atom.